The molecular formula is C16H20N2O2. The van der Waals surface area contributed by atoms with Gasteiger partial charge in [0.05, 0.1) is 0 Å². The van der Waals surface area contributed by atoms with E-state index in [1.165, 1.54) is 0 Å². The van der Waals surface area contributed by atoms with Crippen molar-refractivity contribution < 1.29 is 9.59 Å². The Kier molecular flexibility index (Phi) is 3.81. The number of nitrogens with zero attached hydrogens (tertiary/aromatic N) is 2. The molecule has 0 radical (unpaired) electrons. The highest BCUT2D eigenvalue weighted by Crippen LogP contribution is 2.32. The average Bonchev–Trinajstić information content (AvgIpc) is 2.97. The fourth-order valence-electron chi connectivity index (χ4n) is 3.52. The molecule has 1 aromatic heterocycles. The molecule has 1 aromatic rings. The van der Waals surface area contributed by atoms with E-state index in [1.807, 2.05) is 17.0 Å². The highest BCUT2D eigenvalue weighted by molar-refractivity contribution is 5.93. The first-order valence-corrected chi connectivity index (χ1v) is 7.52. The molecule has 1 saturated carbocycles. The lowest BCUT2D eigenvalue weighted by Gasteiger charge is -2.32. The van der Waals surface area contributed by atoms with Crippen LogP contribution in [-0.2, 0) is 4.79 Å². The van der Waals surface area contributed by atoms with Crippen molar-refractivity contribution in [1.82, 2.24) is 9.88 Å². The molecule has 1 aliphatic carbocycles. The Labute approximate surface area is 119 Å². The highest BCUT2D eigenvalue weighted by Gasteiger charge is 2.39. The van der Waals surface area contributed by atoms with Gasteiger partial charge in [-0.1, -0.05) is 12.5 Å². The van der Waals surface area contributed by atoms with Gasteiger partial charge in [0.1, 0.15) is 11.5 Å². The normalized spacial score (nSPS) is 26.8. The van der Waals surface area contributed by atoms with Crippen LogP contribution in [0, 0.1) is 5.92 Å². The van der Waals surface area contributed by atoms with Crippen LogP contribution < -0.4 is 0 Å². The number of Topliss-reactive ketones (excluding diaryl/α,β-unsaturated/α-hetero) is 1. The summed E-state index contributed by atoms with van der Waals surface area (Å²) in [6.07, 6.45) is 7.34. The molecule has 0 aromatic carbocycles. The summed E-state index contributed by atoms with van der Waals surface area (Å²) in [6, 6.07) is 5.48. The summed E-state index contributed by atoms with van der Waals surface area (Å²) < 4.78 is 0. The summed E-state index contributed by atoms with van der Waals surface area (Å²) in [5.74, 6) is 0.382. The van der Waals surface area contributed by atoms with Crippen LogP contribution in [-0.4, -0.2) is 34.2 Å². The number of hydrogen-bond acceptors (Lipinski definition) is 3. The molecule has 106 valence electrons. The number of likely N-dealkylation sites (tertiary alicyclic amines) is 1. The zero-order valence-electron chi connectivity index (χ0n) is 11.6. The van der Waals surface area contributed by atoms with Crippen molar-refractivity contribution >= 4 is 11.7 Å². The Hall–Kier alpha value is -1.71. The topological polar surface area (TPSA) is 50.3 Å². The smallest absolute Gasteiger partial charge is 0.272 e. The Morgan fingerprint density at radius 3 is 2.85 bits per heavy atom. The van der Waals surface area contributed by atoms with Gasteiger partial charge in [-0.2, -0.15) is 0 Å². The van der Waals surface area contributed by atoms with Gasteiger partial charge in [0.2, 0.25) is 0 Å². The second-order valence-corrected chi connectivity index (χ2v) is 5.74. The zero-order chi connectivity index (χ0) is 13.9. The van der Waals surface area contributed by atoms with Crippen molar-refractivity contribution in [3.05, 3.63) is 30.1 Å². The molecule has 1 amide bonds. The van der Waals surface area contributed by atoms with E-state index in [1.54, 1.807) is 12.3 Å². The summed E-state index contributed by atoms with van der Waals surface area (Å²) in [5, 5.41) is 0. The molecular weight excluding hydrogens is 252 g/mol. The van der Waals surface area contributed by atoms with E-state index in [-0.39, 0.29) is 17.9 Å². The van der Waals surface area contributed by atoms with E-state index in [4.69, 9.17) is 0 Å². The van der Waals surface area contributed by atoms with Gasteiger partial charge in [0.25, 0.3) is 5.91 Å². The van der Waals surface area contributed by atoms with Crippen LogP contribution in [0.15, 0.2) is 24.4 Å². The largest absolute Gasteiger partial charge is 0.334 e. The lowest BCUT2D eigenvalue weighted by atomic mass is 9.82. The SMILES string of the molecule is O=C1CCCCC1C1CCCN1C(=O)c1ccccn1. The summed E-state index contributed by atoms with van der Waals surface area (Å²) in [7, 11) is 0. The van der Waals surface area contributed by atoms with Crippen LogP contribution in [0.2, 0.25) is 0 Å². The molecule has 2 heterocycles. The number of pyridine rings is 1. The third-order valence-electron chi connectivity index (χ3n) is 4.51. The monoisotopic (exact) mass is 272 g/mol. The minimum Gasteiger partial charge on any atom is -0.334 e. The average molecular weight is 272 g/mol. The standard InChI is InChI=1S/C16H20N2O2/c19-15-9-2-1-6-12(15)14-8-5-11-18(14)16(20)13-7-3-4-10-17-13/h3-4,7,10,12,14H,1-2,5-6,8-9,11H2. The van der Waals surface area contributed by atoms with E-state index in [9.17, 15) is 9.59 Å². The lowest BCUT2D eigenvalue weighted by Crippen LogP contribution is -2.44. The summed E-state index contributed by atoms with van der Waals surface area (Å²) in [4.78, 5) is 30.7. The number of rotatable bonds is 2. The van der Waals surface area contributed by atoms with Gasteiger partial charge >= 0.3 is 0 Å². The zero-order valence-corrected chi connectivity index (χ0v) is 11.6. The third kappa shape index (κ3) is 2.47. The second-order valence-electron chi connectivity index (χ2n) is 5.74. The number of carbonyl (C=O) groups is 2. The maximum absolute atomic E-state index is 12.6. The fourth-order valence-corrected chi connectivity index (χ4v) is 3.52. The second kappa shape index (κ2) is 5.73. The van der Waals surface area contributed by atoms with Crippen molar-refractivity contribution in [3.8, 4) is 0 Å². The van der Waals surface area contributed by atoms with Gasteiger partial charge in [-0.05, 0) is 37.8 Å². The van der Waals surface area contributed by atoms with Gasteiger partial charge in [-0.3, -0.25) is 14.6 Å². The maximum Gasteiger partial charge on any atom is 0.272 e. The van der Waals surface area contributed by atoms with E-state index >= 15 is 0 Å². The molecule has 4 nitrogen and oxygen atoms in total. The molecule has 0 bridgehead atoms. The van der Waals surface area contributed by atoms with Crippen molar-refractivity contribution in [2.75, 3.05) is 6.54 Å². The number of hydrogen-bond donors (Lipinski definition) is 0. The van der Waals surface area contributed by atoms with Crippen LogP contribution in [0.4, 0.5) is 0 Å². The highest BCUT2D eigenvalue weighted by atomic mass is 16.2. The molecule has 1 aliphatic heterocycles. The predicted molar refractivity (Wildman–Crippen MR) is 75.3 cm³/mol. The third-order valence-corrected chi connectivity index (χ3v) is 4.51. The number of carbonyl (C=O) groups excluding carboxylic acids is 2. The van der Waals surface area contributed by atoms with Gasteiger partial charge in [-0.15, -0.1) is 0 Å². The molecule has 2 aliphatic rings. The number of ketones is 1. The molecule has 1 saturated heterocycles. The van der Waals surface area contributed by atoms with Crippen LogP contribution in [0.25, 0.3) is 0 Å². The molecule has 2 fully saturated rings. The molecule has 3 rings (SSSR count). The first kappa shape index (κ1) is 13.3. The minimum absolute atomic E-state index is 0.0218. The summed E-state index contributed by atoms with van der Waals surface area (Å²) in [6.45, 7) is 0.754. The molecule has 2 unspecified atom stereocenters. The van der Waals surface area contributed by atoms with Gasteiger partial charge in [0, 0.05) is 31.1 Å². The van der Waals surface area contributed by atoms with Gasteiger partial charge in [0.15, 0.2) is 0 Å². The first-order valence-electron chi connectivity index (χ1n) is 7.52. The van der Waals surface area contributed by atoms with Crippen LogP contribution in [0.1, 0.15) is 49.0 Å². The van der Waals surface area contributed by atoms with Gasteiger partial charge < -0.3 is 4.90 Å². The minimum atomic E-state index is -0.0218. The van der Waals surface area contributed by atoms with E-state index in [0.29, 0.717) is 17.9 Å². The van der Waals surface area contributed by atoms with E-state index < -0.39 is 0 Å². The predicted octanol–water partition coefficient (Wildman–Crippen LogP) is 2.45. The van der Waals surface area contributed by atoms with E-state index in [0.717, 1.165) is 38.6 Å². The van der Waals surface area contributed by atoms with Crippen LogP contribution >= 0.6 is 0 Å². The maximum atomic E-state index is 12.6. The summed E-state index contributed by atoms with van der Waals surface area (Å²) in [5.41, 5.74) is 0.489. The number of amides is 1. The Morgan fingerprint density at radius 2 is 2.10 bits per heavy atom. The quantitative estimate of drug-likeness (QED) is 0.831. The van der Waals surface area contributed by atoms with Crippen LogP contribution in [0.5, 0.6) is 0 Å². The molecule has 20 heavy (non-hydrogen) atoms. The Balaban J connectivity index is 1.78. The fraction of sp³-hybridized carbons (Fsp3) is 0.562. The first-order chi connectivity index (χ1) is 9.77. The van der Waals surface area contributed by atoms with Crippen LogP contribution in [0.3, 0.4) is 0 Å². The lowest BCUT2D eigenvalue weighted by molar-refractivity contribution is -0.126. The molecule has 0 spiro atoms. The van der Waals surface area contributed by atoms with Crippen molar-refractivity contribution in [3.63, 3.8) is 0 Å². The van der Waals surface area contributed by atoms with Crippen molar-refractivity contribution in [1.29, 1.82) is 0 Å². The molecule has 0 N–H and O–H groups in total. The Morgan fingerprint density at radius 1 is 1.20 bits per heavy atom. The Bertz CT molecular complexity index is 500. The van der Waals surface area contributed by atoms with Crippen molar-refractivity contribution in [2.24, 2.45) is 5.92 Å². The van der Waals surface area contributed by atoms with Gasteiger partial charge in [-0.25, -0.2) is 0 Å². The molecule has 4 heteroatoms. The van der Waals surface area contributed by atoms with E-state index in [2.05, 4.69) is 4.98 Å². The van der Waals surface area contributed by atoms with Crippen molar-refractivity contribution in [2.45, 2.75) is 44.6 Å². The molecule has 2 atom stereocenters. The number of aromatic nitrogens is 1. The summed E-state index contributed by atoms with van der Waals surface area (Å²) >= 11 is 0.